The Morgan fingerprint density at radius 1 is 1.12 bits per heavy atom. The lowest BCUT2D eigenvalue weighted by Crippen LogP contribution is -2.40. The van der Waals surface area contributed by atoms with Crippen molar-refractivity contribution in [3.63, 3.8) is 0 Å². The van der Waals surface area contributed by atoms with E-state index in [1.807, 2.05) is 0 Å². The standard InChI is InChI=1S/C18H19FN2O4S/c19-16-6-1-2-7-17(16)20-26(24,25)15-5-3-4-13(12-15)18(23)21-10-8-14(22)9-11-21/h1-7,12,14,20,22H,8-11H2. The molecule has 1 amide bonds. The quantitative estimate of drug-likeness (QED) is 0.854. The normalized spacial score (nSPS) is 15.7. The number of nitrogens with zero attached hydrogens (tertiary/aromatic N) is 1. The molecule has 0 atom stereocenters. The molecule has 0 aromatic heterocycles. The molecule has 0 radical (unpaired) electrons. The van der Waals surface area contributed by atoms with Gasteiger partial charge in [-0.25, -0.2) is 12.8 Å². The lowest BCUT2D eigenvalue weighted by molar-refractivity contribution is 0.0546. The molecule has 2 aromatic rings. The molecular weight excluding hydrogens is 359 g/mol. The molecule has 8 heteroatoms. The summed E-state index contributed by atoms with van der Waals surface area (Å²) in [4.78, 5) is 14.0. The number of sulfonamides is 1. The molecule has 0 spiro atoms. The van der Waals surface area contributed by atoms with Gasteiger partial charge < -0.3 is 10.0 Å². The summed E-state index contributed by atoms with van der Waals surface area (Å²) >= 11 is 0. The number of halogens is 1. The SMILES string of the molecule is O=C(c1cccc(S(=O)(=O)Nc2ccccc2F)c1)N1CCC(O)CC1. The first-order chi connectivity index (χ1) is 12.4. The Kier molecular flexibility index (Phi) is 5.24. The number of carbonyl (C=O) groups excluding carboxylic acids is 1. The average molecular weight is 378 g/mol. The van der Waals surface area contributed by atoms with Crippen LogP contribution in [0, 0.1) is 5.82 Å². The van der Waals surface area contributed by atoms with Crippen LogP contribution in [0.1, 0.15) is 23.2 Å². The summed E-state index contributed by atoms with van der Waals surface area (Å²) < 4.78 is 40.9. The Hall–Kier alpha value is -2.45. The number of benzene rings is 2. The fourth-order valence-electron chi connectivity index (χ4n) is 2.80. The van der Waals surface area contributed by atoms with Crippen LogP contribution in [0.3, 0.4) is 0 Å². The number of para-hydroxylation sites is 1. The fraction of sp³-hybridized carbons (Fsp3) is 0.278. The maximum atomic E-state index is 13.7. The van der Waals surface area contributed by atoms with Crippen LogP contribution < -0.4 is 4.72 Å². The molecule has 3 rings (SSSR count). The highest BCUT2D eigenvalue weighted by Crippen LogP contribution is 2.21. The smallest absolute Gasteiger partial charge is 0.262 e. The number of hydrogen-bond donors (Lipinski definition) is 2. The summed E-state index contributed by atoms with van der Waals surface area (Å²) in [5.41, 5.74) is 0.0760. The zero-order valence-electron chi connectivity index (χ0n) is 13.9. The van der Waals surface area contributed by atoms with Crippen molar-refractivity contribution >= 4 is 21.6 Å². The zero-order valence-corrected chi connectivity index (χ0v) is 14.7. The summed E-state index contributed by atoms with van der Waals surface area (Å²) in [6.07, 6.45) is 0.590. The van der Waals surface area contributed by atoms with Crippen molar-refractivity contribution in [1.29, 1.82) is 0 Å². The first kappa shape index (κ1) is 18.3. The number of carbonyl (C=O) groups is 1. The maximum absolute atomic E-state index is 13.7. The van der Waals surface area contributed by atoms with Gasteiger partial charge in [-0.3, -0.25) is 9.52 Å². The highest BCUT2D eigenvalue weighted by atomic mass is 32.2. The van der Waals surface area contributed by atoms with E-state index in [9.17, 15) is 22.7 Å². The topological polar surface area (TPSA) is 86.7 Å². The number of aliphatic hydroxyl groups excluding tert-OH is 1. The van der Waals surface area contributed by atoms with Crippen molar-refractivity contribution in [3.8, 4) is 0 Å². The van der Waals surface area contributed by atoms with E-state index in [-0.39, 0.29) is 22.1 Å². The van der Waals surface area contributed by atoms with E-state index in [2.05, 4.69) is 4.72 Å². The summed E-state index contributed by atoms with van der Waals surface area (Å²) in [5, 5.41) is 9.54. The van der Waals surface area contributed by atoms with Gasteiger partial charge >= 0.3 is 0 Å². The van der Waals surface area contributed by atoms with Gasteiger partial charge in [0.25, 0.3) is 15.9 Å². The summed E-state index contributed by atoms with van der Waals surface area (Å²) in [6, 6.07) is 11.1. The van der Waals surface area contributed by atoms with Crippen LogP contribution in [0.2, 0.25) is 0 Å². The first-order valence-corrected chi connectivity index (χ1v) is 9.70. The Morgan fingerprint density at radius 3 is 2.50 bits per heavy atom. The number of piperidine rings is 1. The monoisotopic (exact) mass is 378 g/mol. The van der Waals surface area contributed by atoms with Crippen LogP contribution in [0.4, 0.5) is 10.1 Å². The Bertz CT molecular complexity index is 909. The Morgan fingerprint density at radius 2 is 1.81 bits per heavy atom. The fourth-order valence-corrected chi connectivity index (χ4v) is 3.91. The van der Waals surface area contributed by atoms with Crippen molar-refractivity contribution in [1.82, 2.24) is 4.90 Å². The molecule has 1 aliphatic heterocycles. The molecule has 0 bridgehead atoms. The molecule has 1 saturated heterocycles. The second-order valence-electron chi connectivity index (χ2n) is 6.14. The number of amides is 1. The third-order valence-electron chi connectivity index (χ3n) is 4.26. The molecule has 26 heavy (non-hydrogen) atoms. The van der Waals surface area contributed by atoms with Gasteiger partial charge in [0.05, 0.1) is 16.7 Å². The van der Waals surface area contributed by atoms with Crippen LogP contribution in [0.15, 0.2) is 53.4 Å². The number of nitrogens with one attached hydrogen (secondary N) is 1. The number of anilines is 1. The van der Waals surface area contributed by atoms with E-state index in [0.29, 0.717) is 25.9 Å². The summed E-state index contributed by atoms with van der Waals surface area (Å²) in [7, 11) is -4.03. The van der Waals surface area contributed by atoms with E-state index in [1.54, 1.807) is 4.90 Å². The zero-order chi connectivity index (χ0) is 18.7. The summed E-state index contributed by atoms with van der Waals surface area (Å²) in [6.45, 7) is 0.842. The van der Waals surface area contributed by atoms with Crippen LogP contribution in [-0.2, 0) is 10.0 Å². The van der Waals surface area contributed by atoms with Gasteiger partial charge in [-0.15, -0.1) is 0 Å². The molecule has 0 unspecified atom stereocenters. The van der Waals surface area contributed by atoms with E-state index in [1.165, 1.54) is 42.5 Å². The molecular formula is C18H19FN2O4S. The van der Waals surface area contributed by atoms with Crippen LogP contribution in [0.25, 0.3) is 0 Å². The number of aliphatic hydroxyl groups is 1. The molecule has 2 N–H and O–H groups in total. The van der Waals surface area contributed by atoms with E-state index >= 15 is 0 Å². The van der Waals surface area contributed by atoms with Gasteiger partial charge in [-0.1, -0.05) is 18.2 Å². The second-order valence-corrected chi connectivity index (χ2v) is 7.82. The lowest BCUT2D eigenvalue weighted by atomic mass is 10.1. The van der Waals surface area contributed by atoms with E-state index in [0.717, 1.165) is 6.07 Å². The van der Waals surface area contributed by atoms with Crippen molar-refractivity contribution in [3.05, 3.63) is 59.9 Å². The molecule has 1 fully saturated rings. The minimum absolute atomic E-state index is 0.122. The van der Waals surface area contributed by atoms with Gasteiger partial charge in [-0.2, -0.15) is 0 Å². The molecule has 0 saturated carbocycles. The lowest BCUT2D eigenvalue weighted by Gasteiger charge is -2.29. The predicted octanol–water partition coefficient (Wildman–Crippen LogP) is 2.22. The number of likely N-dealkylation sites (tertiary alicyclic amines) is 1. The highest BCUT2D eigenvalue weighted by Gasteiger charge is 2.24. The third kappa shape index (κ3) is 4.03. The molecule has 1 heterocycles. The highest BCUT2D eigenvalue weighted by molar-refractivity contribution is 7.92. The van der Waals surface area contributed by atoms with Crippen molar-refractivity contribution in [2.24, 2.45) is 0 Å². The second kappa shape index (κ2) is 7.43. The van der Waals surface area contributed by atoms with E-state index < -0.39 is 21.9 Å². The van der Waals surface area contributed by atoms with E-state index in [4.69, 9.17) is 0 Å². The molecule has 138 valence electrons. The third-order valence-corrected chi connectivity index (χ3v) is 5.62. The van der Waals surface area contributed by atoms with Crippen LogP contribution >= 0.6 is 0 Å². The molecule has 6 nitrogen and oxygen atoms in total. The van der Waals surface area contributed by atoms with Gasteiger partial charge in [0.1, 0.15) is 5.82 Å². The van der Waals surface area contributed by atoms with Gasteiger partial charge in [0.15, 0.2) is 0 Å². The maximum Gasteiger partial charge on any atom is 0.262 e. The van der Waals surface area contributed by atoms with Crippen molar-refractivity contribution in [2.45, 2.75) is 23.8 Å². The van der Waals surface area contributed by atoms with Crippen molar-refractivity contribution in [2.75, 3.05) is 17.8 Å². The van der Waals surface area contributed by atoms with Crippen LogP contribution in [0.5, 0.6) is 0 Å². The van der Waals surface area contributed by atoms with Gasteiger partial charge in [0, 0.05) is 18.7 Å². The average Bonchev–Trinajstić information content (AvgIpc) is 2.64. The Balaban J connectivity index is 1.82. The largest absolute Gasteiger partial charge is 0.393 e. The first-order valence-electron chi connectivity index (χ1n) is 8.21. The van der Waals surface area contributed by atoms with Crippen molar-refractivity contribution < 1.29 is 22.7 Å². The number of rotatable bonds is 4. The minimum Gasteiger partial charge on any atom is -0.393 e. The number of hydrogen-bond acceptors (Lipinski definition) is 4. The van der Waals surface area contributed by atoms with Gasteiger partial charge in [-0.05, 0) is 43.2 Å². The molecule has 2 aromatic carbocycles. The summed E-state index contributed by atoms with van der Waals surface area (Å²) in [5.74, 6) is -0.977. The van der Waals surface area contributed by atoms with Gasteiger partial charge in [0.2, 0.25) is 0 Å². The Labute approximate surface area is 151 Å². The minimum atomic E-state index is -4.03. The molecule has 1 aliphatic rings. The predicted molar refractivity (Wildman–Crippen MR) is 94.8 cm³/mol. The van der Waals surface area contributed by atoms with Crippen LogP contribution in [-0.4, -0.2) is 43.5 Å². The molecule has 0 aliphatic carbocycles.